The molecule has 0 N–H and O–H groups in total. The number of hydrogen-bond donors (Lipinski definition) is 0. The fraction of sp³-hybridized carbons (Fsp3) is 0.462. The third-order valence-corrected chi connectivity index (χ3v) is 2.85. The molecule has 0 bridgehead atoms. The van der Waals surface area contributed by atoms with Crippen molar-refractivity contribution in [3.05, 3.63) is 33.9 Å². The predicted octanol–water partition coefficient (Wildman–Crippen LogP) is 2.47. The van der Waals surface area contributed by atoms with Crippen LogP contribution in [0.15, 0.2) is 18.2 Å². The third kappa shape index (κ3) is 3.21. The van der Waals surface area contributed by atoms with Gasteiger partial charge in [0.1, 0.15) is 0 Å². The molecule has 6 nitrogen and oxygen atoms in total. The van der Waals surface area contributed by atoms with Crippen molar-refractivity contribution in [3.8, 4) is 5.75 Å². The average molecular weight is 266 g/mol. The van der Waals surface area contributed by atoms with Crippen molar-refractivity contribution in [2.45, 2.75) is 26.8 Å². The fourth-order valence-corrected chi connectivity index (χ4v) is 1.87. The highest BCUT2D eigenvalue weighted by Crippen LogP contribution is 2.28. The maximum atomic E-state index is 12.3. The minimum absolute atomic E-state index is 0.0404. The Hall–Kier alpha value is -2.11. The van der Waals surface area contributed by atoms with E-state index in [2.05, 4.69) is 0 Å². The van der Waals surface area contributed by atoms with E-state index in [4.69, 9.17) is 4.74 Å². The highest BCUT2D eigenvalue weighted by atomic mass is 16.6. The summed E-state index contributed by atoms with van der Waals surface area (Å²) in [6, 6.07) is 4.28. The SMILES string of the molecule is CCN(C(=O)c1ccc(OC)c([N+](=O)[O-])c1)C(C)C. The Balaban J connectivity index is 3.18. The molecule has 0 fully saturated rings. The quantitative estimate of drug-likeness (QED) is 0.606. The highest BCUT2D eigenvalue weighted by molar-refractivity contribution is 5.95. The van der Waals surface area contributed by atoms with E-state index < -0.39 is 4.92 Å². The summed E-state index contributed by atoms with van der Waals surface area (Å²) in [5.41, 5.74) is 0.0937. The highest BCUT2D eigenvalue weighted by Gasteiger charge is 2.22. The van der Waals surface area contributed by atoms with Crippen LogP contribution in [0, 0.1) is 10.1 Å². The largest absolute Gasteiger partial charge is 0.490 e. The minimum Gasteiger partial charge on any atom is -0.490 e. The van der Waals surface area contributed by atoms with E-state index in [-0.39, 0.29) is 23.4 Å². The predicted molar refractivity (Wildman–Crippen MR) is 71.5 cm³/mol. The van der Waals surface area contributed by atoms with Gasteiger partial charge in [-0.05, 0) is 32.9 Å². The molecule has 0 aliphatic rings. The number of hydrogen-bond acceptors (Lipinski definition) is 4. The molecule has 0 saturated carbocycles. The molecule has 1 amide bonds. The summed E-state index contributed by atoms with van der Waals surface area (Å²) in [5.74, 6) is -0.0719. The zero-order chi connectivity index (χ0) is 14.6. The van der Waals surface area contributed by atoms with E-state index in [0.717, 1.165) is 0 Å². The molecule has 0 saturated heterocycles. The first-order chi connectivity index (χ1) is 8.92. The summed E-state index contributed by atoms with van der Waals surface area (Å²) in [5, 5.41) is 10.9. The molecule has 6 heteroatoms. The lowest BCUT2D eigenvalue weighted by molar-refractivity contribution is -0.385. The summed E-state index contributed by atoms with van der Waals surface area (Å²) >= 11 is 0. The number of nitro groups is 1. The Labute approximate surface area is 112 Å². The van der Waals surface area contributed by atoms with Gasteiger partial charge in [-0.2, -0.15) is 0 Å². The summed E-state index contributed by atoms with van der Waals surface area (Å²) in [4.78, 5) is 24.3. The smallest absolute Gasteiger partial charge is 0.311 e. The molecule has 0 aromatic heterocycles. The van der Waals surface area contributed by atoms with Crippen molar-refractivity contribution in [1.29, 1.82) is 0 Å². The van der Waals surface area contributed by atoms with Crippen LogP contribution in [0.4, 0.5) is 5.69 Å². The van der Waals surface area contributed by atoms with Crippen molar-refractivity contribution in [2.24, 2.45) is 0 Å². The number of amides is 1. The lowest BCUT2D eigenvalue weighted by Crippen LogP contribution is -2.36. The summed E-state index contributed by atoms with van der Waals surface area (Å²) < 4.78 is 4.91. The van der Waals surface area contributed by atoms with Crippen LogP contribution in [0.25, 0.3) is 0 Å². The van der Waals surface area contributed by atoms with Crippen LogP contribution in [-0.4, -0.2) is 35.4 Å². The lowest BCUT2D eigenvalue weighted by Gasteiger charge is -2.25. The van der Waals surface area contributed by atoms with E-state index >= 15 is 0 Å². The maximum absolute atomic E-state index is 12.3. The normalized spacial score (nSPS) is 10.4. The Kier molecular flexibility index (Phi) is 4.86. The van der Waals surface area contributed by atoms with Crippen LogP contribution in [0.5, 0.6) is 5.75 Å². The number of methoxy groups -OCH3 is 1. The van der Waals surface area contributed by atoms with E-state index in [1.807, 2.05) is 20.8 Å². The van der Waals surface area contributed by atoms with Gasteiger partial charge in [-0.3, -0.25) is 14.9 Å². The molecular formula is C13H18N2O4. The topological polar surface area (TPSA) is 72.7 Å². The molecule has 0 aliphatic carbocycles. The molecule has 19 heavy (non-hydrogen) atoms. The van der Waals surface area contributed by atoms with Gasteiger partial charge in [0.05, 0.1) is 12.0 Å². The number of rotatable bonds is 5. The first-order valence-corrected chi connectivity index (χ1v) is 6.05. The van der Waals surface area contributed by atoms with E-state index in [1.165, 1.54) is 19.2 Å². The fourth-order valence-electron chi connectivity index (χ4n) is 1.87. The average Bonchev–Trinajstić information content (AvgIpc) is 2.38. The second-order valence-electron chi connectivity index (χ2n) is 4.33. The standard InChI is InChI=1S/C13H18N2O4/c1-5-14(9(2)3)13(16)10-6-7-12(19-4)11(8-10)15(17)18/h6-9H,5H2,1-4H3. The molecule has 0 spiro atoms. The van der Waals surface area contributed by atoms with Crippen molar-refractivity contribution in [2.75, 3.05) is 13.7 Å². The van der Waals surface area contributed by atoms with Crippen LogP contribution < -0.4 is 4.74 Å². The Bertz CT molecular complexity index is 486. The van der Waals surface area contributed by atoms with Crippen molar-refractivity contribution in [3.63, 3.8) is 0 Å². The first kappa shape index (κ1) is 14.9. The van der Waals surface area contributed by atoms with E-state index in [1.54, 1.807) is 11.0 Å². The van der Waals surface area contributed by atoms with Gasteiger partial charge >= 0.3 is 5.69 Å². The Morgan fingerprint density at radius 3 is 2.53 bits per heavy atom. The van der Waals surface area contributed by atoms with Crippen molar-refractivity contribution >= 4 is 11.6 Å². The van der Waals surface area contributed by atoms with Gasteiger partial charge < -0.3 is 9.64 Å². The molecule has 1 aromatic carbocycles. The van der Waals surface area contributed by atoms with Gasteiger partial charge in [-0.15, -0.1) is 0 Å². The van der Waals surface area contributed by atoms with Crippen LogP contribution in [-0.2, 0) is 0 Å². The van der Waals surface area contributed by atoms with Gasteiger partial charge in [-0.1, -0.05) is 0 Å². The molecule has 0 aliphatic heterocycles. The number of carbonyl (C=O) groups is 1. The zero-order valence-electron chi connectivity index (χ0n) is 11.5. The van der Waals surface area contributed by atoms with Crippen LogP contribution in [0.2, 0.25) is 0 Å². The van der Waals surface area contributed by atoms with Gasteiger partial charge in [0.2, 0.25) is 0 Å². The summed E-state index contributed by atoms with van der Waals surface area (Å²) in [7, 11) is 1.36. The lowest BCUT2D eigenvalue weighted by atomic mass is 10.1. The third-order valence-electron chi connectivity index (χ3n) is 2.85. The second-order valence-corrected chi connectivity index (χ2v) is 4.33. The molecule has 0 radical (unpaired) electrons. The second kappa shape index (κ2) is 6.17. The Morgan fingerprint density at radius 2 is 2.11 bits per heavy atom. The van der Waals surface area contributed by atoms with Gasteiger partial charge in [0.15, 0.2) is 5.75 Å². The number of nitro benzene ring substituents is 1. The number of benzene rings is 1. The first-order valence-electron chi connectivity index (χ1n) is 6.05. The minimum atomic E-state index is -0.554. The van der Waals surface area contributed by atoms with Gasteiger partial charge in [0.25, 0.3) is 5.91 Å². The maximum Gasteiger partial charge on any atom is 0.311 e. The molecule has 104 valence electrons. The van der Waals surface area contributed by atoms with Gasteiger partial charge in [-0.25, -0.2) is 0 Å². The van der Waals surface area contributed by atoms with E-state index in [9.17, 15) is 14.9 Å². The van der Waals surface area contributed by atoms with E-state index in [0.29, 0.717) is 12.1 Å². The van der Waals surface area contributed by atoms with Crippen LogP contribution >= 0.6 is 0 Å². The van der Waals surface area contributed by atoms with Crippen molar-refractivity contribution in [1.82, 2.24) is 4.90 Å². The molecular weight excluding hydrogens is 248 g/mol. The molecule has 1 aromatic rings. The van der Waals surface area contributed by atoms with Crippen molar-refractivity contribution < 1.29 is 14.5 Å². The molecule has 0 unspecified atom stereocenters. The molecule has 0 heterocycles. The summed E-state index contributed by atoms with van der Waals surface area (Å²) in [6.07, 6.45) is 0. The van der Waals surface area contributed by atoms with Gasteiger partial charge in [0, 0.05) is 24.2 Å². The van der Waals surface area contributed by atoms with Crippen LogP contribution in [0.1, 0.15) is 31.1 Å². The zero-order valence-corrected chi connectivity index (χ0v) is 11.5. The van der Waals surface area contributed by atoms with Crippen LogP contribution in [0.3, 0.4) is 0 Å². The molecule has 1 rings (SSSR count). The number of nitrogens with zero attached hydrogens (tertiary/aromatic N) is 2. The number of ether oxygens (including phenoxy) is 1. The monoisotopic (exact) mass is 266 g/mol. The number of carbonyl (C=O) groups excluding carboxylic acids is 1. The Morgan fingerprint density at radius 1 is 1.47 bits per heavy atom. The summed E-state index contributed by atoms with van der Waals surface area (Å²) in [6.45, 7) is 6.23. The molecule has 0 atom stereocenters.